The molecule has 0 bridgehead atoms. The Hall–Kier alpha value is -1.90. The van der Waals surface area contributed by atoms with Gasteiger partial charge in [-0.3, -0.25) is 4.55 Å². The summed E-state index contributed by atoms with van der Waals surface area (Å²) < 4.78 is 60.8. The third kappa shape index (κ3) is 3.41. The largest absolute Gasteiger partial charge is 0.377 e. The molecule has 0 fully saturated rings. The van der Waals surface area contributed by atoms with E-state index in [1.54, 1.807) is 19.1 Å². The van der Waals surface area contributed by atoms with Crippen LogP contribution in [0.4, 0.5) is 0 Å². The van der Waals surface area contributed by atoms with E-state index in [9.17, 15) is 16.8 Å². The van der Waals surface area contributed by atoms with Gasteiger partial charge in [0.2, 0.25) is 0 Å². The van der Waals surface area contributed by atoms with E-state index in [0.717, 1.165) is 12.1 Å². The molecular weight excluding hydrogens is 316 g/mol. The van der Waals surface area contributed by atoms with Crippen molar-refractivity contribution < 1.29 is 25.6 Å². The Kier molecular flexibility index (Phi) is 4.04. The summed E-state index contributed by atoms with van der Waals surface area (Å²) in [5, 5.41) is 0. The molecule has 0 aliphatic heterocycles. The normalized spacial score (nSPS) is 12.1. The van der Waals surface area contributed by atoms with E-state index in [-0.39, 0.29) is 4.90 Å². The van der Waals surface area contributed by atoms with Crippen molar-refractivity contribution in [2.75, 3.05) is 0 Å². The molecule has 0 aromatic heterocycles. The van der Waals surface area contributed by atoms with Gasteiger partial charge in [-0.2, -0.15) is 16.8 Å². The van der Waals surface area contributed by atoms with E-state index in [2.05, 4.69) is 0 Å². The summed E-state index contributed by atoms with van der Waals surface area (Å²) in [6.45, 7) is 1.59. The van der Waals surface area contributed by atoms with Crippen molar-refractivity contribution in [2.24, 2.45) is 0 Å². The summed E-state index contributed by atoms with van der Waals surface area (Å²) in [5.74, 6) is -0.455. The maximum Gasteiger partial charge on any atom is 0.339 e. The minimum atomic E-state index is -4.59. The molecule has 0 saturated heterocycles. The van der Waals surface area contributed by atoms with Crippen LogP contribution in [0.25, 0.3) is 0 Å². The van der Waals surface area contributed by atoms with E-state index in [0.29, 0.717) is 5.56 Å². The van der Waals surface area contributed by atoms with Gasteiger partial charge in [0.25, 0.3) is 10.1 Å². The molecule has 0 heterocycles. The summed E-state index contributed by atoms with van der Waals surface area (Å²) >= 11 is 0. The molecule has 0 atom stereocenters. The number of para-hydroxylation sites is 1. The molecule has 6 nitrogen and oxygen atoms in total. The molecule has 112 valence electrons. The molecule has 0 aliphatic rings. The Bertz CT molecular complexity index is 869. The van der Waals surface area contributed by atoms with Crippen LogP contribution >= 0.6 is 0 Å². The Morgan fingerprint density at radius 2 is 1.38 bits per heavy atom. The Morgan fingerprint density at radius 1 is 0.857 bits per heavy atom. The lowest BCUT2D eigenvalue weighted by molar-refractivity contribution is 0.463. The zero-order valence-electron chi connectivity index (χ0n) is 10.9. The first-order chi connectivity index (χ1) is 9.72. The average Bonchev–Trinajstić information content (AvgIpc) is 2.38. The minimum absolute atomic E-state index is 0.0739. The maximum atomic E-state index is 12.2. The van der Waals surface area contributed by atoms with Gasteiger partial charge in [0, 0.05) is 0 Å². The number of hydrogen-bond acceptors (Lipinski definition) is 5. The summed E-state index contributed by atoms with van der Waals surface area (Å²) in [5.41, 5.74) is 0.460. The molecule has 2 aromatic rings. The molecule has 8 heteroatoms. The molecule has 21 heavy (non-hydrogen) atoms. The fourth-order valence-electron chi connectivity index (χ4n) is 1.73. The second-order valence-electron chi connectivity index (χ2n) is 4.22. The lowest BCUT2D eigenvalue weighted by Crippen LogP contribution is -2.13. The van der Waals surface area contributed by atoms with Crippen LogP contribution in [-0.2, 0) is 20.2 Å². The molecule has 2 rings (SSSR count). The summed E-state index contributed by atoms with van der Waals surface area (Å²) in [4.78, 5) is -0.683. The molecule has 1 N–H and O–H groups in total. The van der Waals surface area contributed by atoms with Crippen molar-refractivity contribution in [3.8, 4) is 5.75 Å². The lowest BCUT2D eigenvalue weighted by Gasteiger charge is -2.11. The van der Waals surface area contributed by atoms with Crippen molar-refractivity contribution in [1.82, 2.24) is 0 Å². The molecule has 0 saturated carbocycles. The van der Waals surface area contributed by atoms with E-state index in [1.807, 2.05) is 0 Å². The molecule has 0 radical (unpaired) electrons. The van der Waals surface area contributed by atoms with Crippen molar-refractivity contribution in [2.45, 2.75) is 16.7 Å². The topological polar surface area (TPSA) is 97.7 Å². The van der Waals surface area contributed by atoms with Gasteiger partial charge in [-0.15, -0.1) is 0 Å². The monoisotopic (exact) mass is 328 g/mol. The van der Waals surface area contributed by atoms with Crippen molar-refractivity contribution >= 4 is 20.2 Å². The van der Waals surface area contributed by atoms with E-state index < -0.39 is 30.9 Å². The molecule has 2 aromatic carbocycles. The molecule has 0 amide bonds. The Morgan fingerprint density at radius 3 is 1.95 bits per heavy atom. The van der Waals surface area contributed by atoms with Gasteiger partial charge in [0.05, 0.1) is 0 Å². The smallest absolute Gasteiger partial charge is 0.339 e. The number of rotatable bonds is 4. The third-order valence-corrected chi connectivity index (χ3v) is 4.98. The summed E-state index contributed by atoms with van der Waals surface area (Å²) in [7, 11) is -8.79. The zero-order valence-corrected chi connectivity index (χ0v) is 12.6. The summed E-state index contributed by atoms with van der Waals surface area (Å²) in [6, 6.07) is 11.1. The van der Waals surface area contributed by atoms with Crippen LogP contribution in [-0.4, -0.2) is 21.4 Å². The molecular formula is C13H12O6S2. The van der Waals surface area contributed by atoms with Crippen molar-refractivity contribution in [1.29, 1.82) is 0 Å². The highest BCUT2D eigenvalue weighted by Gasteiger charge is 2.23. The van der Waals surface area contributed by atoms with Crippen LogP contribution in [0, 0.1) is 6.92 Å². The second-order valence-corrected chi connectivity index (χ2v) is 7.13. The Labute approximate surface area is 122 Å². The van der Waals surface area contributed by atoms with Crippen LogP contribution in [0.1, 0.15) is 5.56 Å². The number of hydrogen-bond donors (Lipinski definition) is 1. The predicted octanol–water partition coefficient (Wildman–Crippen LogP) is 2.01. The summed E-state index contributed by atoms with van der Waals surface area (Å²) in [6.07, 6.45) is 0. The van der Waals surface area contributed by atoms with Crippen LogP contribution in [0.3, 0.4) is 0 Å². The van der Waals surface area contributed by atoms with Gasteiger partial charge < -0.3 is 4.18 Å². The van der Waals surface area contributed by atoms with Gasteiger partial charge in [-0.25, -0.2) is 0 Å². The second kappa shape index (κ2) is 5.47. The fourth-order valence-corrected chi connectivity index (χ4v) is 3.58. The predicted molar refractivity (Wildman–Crippen MR) is 75.2 cm³/mol. The van der Waals surface area contributed by atoms with Crippen LogP contribution < -0.4 is 4.18 Å². The highest BCUT2D eigenvalue weighted by Crippen LogP contribution is 2.27. The van der Waals surface area contributed by atoms with Crippen LogP contribution in [0.15, 0.2) is 58.3 Å². The van der Waals surface area contributed by atoms with Crippen LogP contribution in [0.5, 0.6) is 5.75 Å². The number of benzene rings is 2. The van der Waals surface area contributed by atoms with Gasteiger partial charge in [0.15, 0.2) is 5.75 Å². The van der Waals surface area contributed by atoms with Crippen LogP contribution in [0.2, 0.25) is 0 Å². The SMILES string of the molecule is Cc1ccccc1S(=O)(=O)Oc1ccccc1S(=O)(=O)O. The van der Waals surface area contributed by atoms with Gasteiger partial charge in [-0.1, -0.05) is 30.3 Å². The third-order valence-electron chi connectivity index (χ3n) is 2.69. The average molecular weight is 328 g/mol. The molecule has 0 unspecified atom stereocenters. The maximum absolute atomic E-state index is 12.2. The van der Waals surface area contributed by atoms with E-state index >= 15 is 0 Å². The van der Waals surface area contributed by atoms with Gasteiger partial charge >= 0.3 is 10.1 Å². The first-order valence-electron chi connectivity index (χ1n) is 5.78. The standard InChI is InChI=1S/C13H12O6S2/c1-10-6-2-4-8-12(10)21(17,18)19-11-7-3-5-9-13(11)20(14,15)16/h2-9H,1H3,(H,14,15,16). The first kappa shape index (κ1) is 15.5. The highest BCUT2D eigenvalue weighted by molar-refractivity contribution is 7.87. The fraction of sp³-hybridized carbons (Fsp3) is 0.0769. The van der Waals surface area contributed by atoms with E-state index in [1.165, 1.54) is 24.3 Å². The van der Waals surface area contributed by atoms with Crippen molar-refractivity contribution in [3.63, 3.8) is 0 Å². The van der Waals surface area contributed by atoms with Gasteiger partial charge in [-0.05, 0) is 30.7 Å². The zero-order chi connectivity index (χ0) is 15.7. The van der Waals surface area contributed by atoms with Gasteiger partial charge in [0.1, 0.15) is 9.79 Å². The minimum Gasteiger partial charge on any atom is -0.377 e. The first-order valence-corrected chi connectivity index (χ1v) is 8.63. The van der Waals surface area contributed by atoms with Crippen molar-refractivity contribution in [3.05, 3.63) is 54.1 Å². The highest BCUT2D eigenvalue weighted by atomic mass is 32.2. The number of aryl methyl sites for hydroxylation is 1. The molecule has 0 aliphatic carbocycles. The van der Waals surface area contributed by atoms with E-state index in [4.69, 9.17) is 8.74 Å². The molecule has 0 spiro atoms. The Balaban J connectivity index is 2.51. The lowest BCUT2D eigenvalue weighted by atomic mass is 10.2. The quantitative estimate of drug-likeness (QED) is 0.681.